The van der Waals surface area contributed by atoms with Gasteiger partial charge in [-0.3, -0.25) is 0 Å². The summed E-state index contributed by atoms with van der Waals surface area (Å²) < 4.78 is 0. The number of hydrogen-bond donors (Lipinski definition) is 0. The van der Waals surface area contributed by atoms with E-state index in [4.69, 9.17) is 5.70 Å². The molecule has 0 aromatic heterocycles. The Morgan fingerprint density at radius 1 is 0.235 bits per heavy atom. The van der Waals surface area contributed by atoms with Crippen molar-refractivity contribution in [2.45, 2.75) is 0 Å². The Labute approximate surface area is 426 Å². The van der Waals surface area contributed by atoms with Crippen LogP contribution in [0.5, 0.6) is 0 Å². The van der Waals surface area contributed by atoms with Gasteiger partial charge in [0.05, 0.1) is 0 Å². The average molecular weight is 4200 g/mol. The molecule has 0 atom stereocenters. The van der Waals surface area contributed by atoms with Gasteiger partial charge in [-0.15, -0.1) is 0 Å². The van der Waals surface area contributed by atoms with E-state index in [-0.39, 0.29) is 0 Å². The van der Waals surface area contributed by atoms with Crippen LogP contribution in [0.25, 0.3) is 0 Å². The van der Waals surface area contributed by atoms with Crippen molar-refractivity contribution in [1.29, 1.82) is 0 Å². The first-order valence-corrected chi connectivity index (χ1v) is 207. The van der Waals surface area contributed by atoms with Gasteiger partial charge in [0.25, 0.3) is 0 Å². The van der Waals surface area contributed by atoms with Crippen LogP contribution in [0, 0.1) is 0 Å². The zero-order valence-electron chi connectivity index (χ0n) is 13.1. The van der Waals surface area contributed by atoms with Gasteiger partial charge in [0.15, 0.2) is 0 Å². The molecule has 0 heterocycles. The fourth-order valence-corrected chi connectivity index (χ4v) is 5710. The summed E-state index contributed by atoms with van der Waals surface area (Å²) in [5.74, 6) is 0. The standard InChI is InChI=1S/BI33/c1-19(2)21(5)23(7)25(9)27(11)29(13)31(15)33(17)34(18)32(16)30(14)28(12)26(10)24(8)22(6)20(3)4. The van der Waals surface area contributed by atoms with Crippen molar-refractivity contribution in [2.24, 2.45) is 0 Å². The van der Waals surface area contributed by atoms with Gasteiger partial charge in [-0.25, -0.2) is 0 Å². The molecule has 0 aromatic carbocycles. The molecule has 0 amide bonds. The summed E-state index contributed by atoms with van der Waals surface area (Å²) in [6.07, 6.45) is 0. The van der Waals surface area contributed by atoms with E-state index in [1.165, 1.54) is 0 Å². The molecule has 0 spiro atoms. The van der Waals surface area contributed by atoms with Gasteiger partial charge >= 0.3 is 452 Å². The van der Waals surface area contributed by atoms with Crippen LogP contribution < -0.4 is 0 Å². The van der Waals surface area contributed by atoms with Gasteiger partial charge in [0.2, 0.25) is 0 Å². The average Bonchev–Trinajstić information content (AvgIpc) is 2.81. The molecule has 0 N–H and O–H groups in total. The van der Waals surface area contributed by atoms with E-state index in [1.807, 2.05) is 0 Å². The van der Waals surface area contributed by atoms with Crippen molar-refractivity contribution in [3.05, 3.63) is 0 Å². The first-order valence-electron chi connectivity index (χ1n) is 4.79. The third kappa shape index (κ3) is 24.1. The van der Waals surface area contributed by atoms with Crippen molar-refractivity contribution in [2.75, 3.05) is 0 Å². The number of rotatable bonds is 15. The Morgan fingerprint density at radius 3 is 0.529 bits per heavy atom. The molecule has 0 saturated heterocycles. The molecule has 0 aliphatic carbocycles. The van der Waals surface area contributed by atoms with E-state index < -0.39 is 130 Å². The van der Waals surface area contributed by atoms with Gasteiger partial charge in [-0.1, -0.05) is 0 Å². The molecular formula is BI33. The molecule has 0 aliphatic heterocycles. The molecule has 234 valence electrons. The van der Waals surface area contributed by atoms with E-state index in [2.05, 4.69) is 316 Å². The zero-order valence-corrected chi connectivity index (χ0v) is 84.2. The molecule has 0 fully saturated rings. The predicted molar refractivity (Wildman–Crippen MR) is 468 cm³/mol. The van der Waals surface area contributed by atoms with Crippen LogP contribution in [0.2, 0.25) is 0 Å². The molecule has 34 heavy (non-hydrogen) atoms. The van der Waals surface area contributed by atoms with Crippen molar-refractivity contribution in [3.8, 4) is 0 Å². The molecule has 34 heteroatoms. The first kappa shape index (κ1) is 58.2. The monoisotopic (exact) mass is 4200 g/mol. The SMILES string of the molecule is [B]I(I)I(I)I(I)I(I)I(I)I(I)I(I)I(I)I(I)I(I)I(I)I(I)I(I)I(I)I(I)I(I)I. The van der Waals surface area contributed by atoms with Gasteiger partial charge in [-0.05, 0) is 0 Å². The molecule has 0 unspecified atom stereocenters. The zero-order chi connectivity index (χ0) is 27.2. The van der Waals surface area contributed by atoms with Crippen molar-refractivity contribution < 1.29 is 0 Å². The summed E-state index contributed by atoms with van der Waals surface area (Å²) in [5.41, 5.74) is 6.58. The van der Waals surface area contributed by atoms with E-state index in [9.17, 15) is 0 Å². The third-order valence-corrected chi connectivity index (χ3v) is 2420. The van der Waals surface area contributed by atoms with Crippen LogP contribution in [-0.4, -0.2) is 5.70 Å². The fraction of sp³-hybridized carbons (Fsp3) is 0. The maximum absolute atomic E-state index is 6.58. The van der Waals surface area contributed by atoms with E-state index in [1.54, 1.807) is 0 Å². The Bertz CT molecular complexity index is 491. The molecule has 2 radical (unpaired) electrons. The van der Waals surface area contributed by atoms with Crippen LogP contribution >= 0.6 is 447 Å². The molecule has 0 rings (SSSR count). The second-order valence-electron chi connectivity index (χ2n) is 2.65. The molecule has 0 aromatic rings. The number of halogens is 33. The van der Waals surface area contributed by atoms with E-state index in [0.29, 0.717) is 0 Å². The molecule has 0 saturated carbocycles. The molecule has 0 aliphatic rings. The number of hydrogen-bond acceptors (Lipinski definition) is 0. The van der Waals surface area contributed by atoms with E-state index >= 15 is 0 Å². The molecule has 0 bridgehead atoms. The summed E-state index contributed by atoms with van der Waals surface area (Å²) in [7, 11) is -7.87. The van der Waals surface area contributed by atoms with Crippen LogP contribution in [0.1, 0.15) is 0 Å². The summed E-state index contributed by atoms with van der Waals surface area (Å²) in [4.78, 5) is 0. The Morgan fingerprint density at radius 2 is 0.382 bits per heavy atom. The van der Waals surface area contributed by atoms with Crippen LogP contribution in [0.4, 0.5) is 0 Å². The summed E-state index contributed by atoms with van der Waals surface area (Å²) in [5, 5.41) is 0. The minimum atomic E-state index is -0.952. The third-order valence-electron chi connectivity index (χ3n) is 1.25. The Kier molecular flexibility index (Phi) is 59.2. The predicted octanol–water partition coefficient (Wildman–Crippen LogP) is 28.8. The summed E-state index contributed by atoms with van der Waals surface area (Å²) >= 11 is 52.6. The van der Waals surface area contributed by atoms with Gasteiger partial charge in [0.1, 0.15) is 0 Å². The fourth-order valence-electron chi connectivity index (χ4n) is 0.440. The Balaban J connectivity index is 5.28. The summed E-state index contributed by atoms with van der Waals surface area (Å²) in [6, 6.07) is 0. The van der Waals surface area contributed by atoms with Crippen molar-refractivity contribution in [3.63, 3.8) is 0 Å². The van der Waals surface area contributed by atoms with Gasteiger partial charge in [-0.2, -0.15) is 0 Å². The van der Waals surface area contributed by atoms with Gasteiger partial charge < -0.3 is 0 Å². The van der Waals surface area contributed by atoms with Gasteiger partial charge in [0, 0.05) is 0 Å². The second-order valence-corrected chi connectivity index (χ2v) is 757. The quantitative estimate of drug-likeness (QED) is 0.113. The molecule has 0 nitrogen and oxygen atoms in total. The van der Waals surface area contributed by atoms with Crippen LogP contribution in [-0.2, 0) is 0 Å². The Hall–Kier alpha value is 24.2. The van der Waals surface area contributed by atoms with Crippen LogP contribution in [0.3, 0.4) is 0 Å². The normalized spacial score (nSPS) is 18.5. The van der Waals surface area contributed by atoms with Crippen molar-refractivity contribution in [1.82, 2.24) is 0 Å². The molecular weight excluding hydrogens is 4200 g/mol. The maximum atomic E-state index is 6.58. The van der Waals surface area contributed by atoms with E-state index in [0.717, 1.165) is 0 Å². The minimum absolute atomic E-state index is 0.446. The topological polar surface area (TPSA) is 0 Å². The first-order chi connectivity index (χ1) is 15.4. The van der Waals surface area contributed by atoms with Crippen LogP contribution in [0.15, 0.2) is 0 Å². The van der Waals surface area contributed by atoms with Crippen molar-refractivity contribution >= 4 is 452 Å². The second kappa shape index (κ2) is 34.6. The summed E-state index contributed by atoms with van der Waals surface area (Å²) in [6.45, 7) is 0.